The fraction of sp³-hybridized carbons (Fsp3) is 0.111. The molecule has 2 aromatic heterocycles. The Bertz CT molecular complexity index is 1170. The molecule has 7 nitrogen and oxygen atoms in total. The molecule has 0 spiro atoms. The number of rotatable bonds is 5. The maximum atomic E-state index is 13.0. The Kier molecular flexibility index (Phi) is 4.18. The molecule has 0 radical (unpaired) electrons. The Labute approximate surface area is 152 Å². The lowest BCUT2D eigenvalue weighted by atomic mass is 10.2. The largest absolute Gasteiger partial charge is 0.369 e. The van der Waals surface area contributed by atoms with Gasteiger partial charge in [-0.25, -0.2) is 0 Å². The van der Waals surface area contributed by atoms with Crippen LogP contribution in [0.1, 0.15) is 5.56 Å². The van der Waals surface area contributed by atoms with E-state index < -0.39 is 5.91 Å². The van der Waals surface area contributed by atoms with Gasteiger partial charge in [-0.15, -0.1) is 10.2 Å². The van der Waals surface area contributed by atoms with Gasteiger partial charge in [-0.2, -0.15) is 0 Å². The van der Waals surface area contributed by atoms with Crippen LogP contribution in [0.25, 0.3) is 16.7 Å². The topological polar surface area (TPSA) is 95.3 Å². The normalized spacial score (nSPS) is 11.2. The average molecular weight is 365 g/mol. The number of nitrogens with two attached hydrogens (primary N) is 1. The Morgan fingerprint density at radius 2 is 1.77 bits per heavy atom. The smallest absolute Gasteiger partial charge is 0.263 e. The first-order chi connectivity index (χ1) is 12.6. The van der Waals surface area contributed by atoms with E-state index in [1.807, 2.05) is 48.5 Å². The summed E-state index contributed by atoms with van der Waals surface area (Å²) in [6, 6.07) is 17.0. The molecule has 0 atom stereocenters. The lowest BCUT2D eigenvalue weighted by Gasteiger charge is -2.11. The van der Waals surface area contributed by atoms with Crippen LogP contribution in [0.2, 0.25) is 0 Å². The summed E-state index contributed by atoms with van der Waals surface area (Å²) in [5, 5.41) is 9.47. The zero-order valence-electron chi connectivity index (χ0n) is 13.7. The summed E-state index contributed by atoms with van der Waals surface area (Å²) in [7, 11) is 0. The zero-order chi connectivity index (χ0) is 18.1. The summed E-state index contributed by atoms with van der Waals surface area (Å²) in [5.41, 5.74) is 6.81. The number of thioether (sulfide) groups is 1. The van der Waals surface area contributed by atoms with Crippen molar-refractivity contribution in [2.75, 3.05) is 5.75 Å². The summed E-state index contributed by atoms with van der Waals surface area (Å²) < 4.78 is 3.40. The summed E-state index contributed by atoms with van der Waals surface area (Å²) in [6.07, 6.45) is 0. The molecule has 0 saturated heterocycles. The first kappa shape index (κ1) is 16.3. The van der Waals surface area contributed by atoms with E-state index in [9.17, 15) is 9.59 Å². The number of primary amides is 1. The number of aromatic nitrogens is 4. The van der Waals surface area contributed by atoms with Gasteiger partial charge < -0.3 is 5.73 Å². The van der Waals surface area contributed by atoms with Crippen LogP contribution in [-0.4, -0.2) is 30.8 Å². The van der Waals surface area contributed by atoms with E-state index in [2.05, 4.69) is 10.2 Å². The van der Waals surface area contributed by atoms with Gasteiger partial charge in [0.15, 0.2) is 5.16 Å². The molecule has 0 bridgehead atoms. The molecule has 4 aromatic rings. The van der Waals surface area contributed by atoms with Crippen LogP contribution in [0.15, 0.2) is 64.5 Å². The van der Waals surface area contributed by atoms with Crippen molar-refractivity contribution in [3.05, 3.63) is 70.5 Å². The van der Waals surface area contributed by atoms with Crippen LogP contribution in [0, 0.1) is 0 Å². The maximum absolute atomic E-state index is 13.0. The van der Waals surface area contributed by atoms with E-state index in [1.165, 1.54) is 11.8 Å². The molecule has 130 valence electrons. The number of nitrogens with zero attached hydrogens (tertiary/aromatic N) is 4. The van der Waals surface area contributed by atoms with E-state index in [-0.39, 0.29) is 11.3 Å². The summed E-state index contributed by atoms with van der Waals surface area (Å²) >= 11 is 1.20. The second-order valence-corrected chi connectivity index (χ2v) is 6.71. The van der Waals surface area contributed by atoms with E-state index >= 15 is 0 Å². The number of hydrogen-bond donors (Lipinski definition) is 1. The monoisotopic (exact) mass is 365 g/mol. The average Bonchev–Trinajstić information content (AvgIpc) is 3.08. The first-order valence-corrected chi connectivity index (χ1v) is 8.95. The molecule has 0 aliphatic carbocycles. The van der Waals surface area contributed by atoms with Gasteiger partial charge in [-0.1, -0.05) is 54.2 Å². The fourth-order valence-electron chi connectivity index (χ4n) is 2.87. The summed E-state index contributed by atoms with van der Waals surface area (Å²) in [4.78, 5) is 24.2. The molecule has 1 amide bonds. The number of para-hydroxylation sites is 1. The van der Waals surface area contributed by atoms with Gasteiger partial charge in [0.05, 0.1) is 23.2 Å². The Hall–Kier alpha value is -3.13. The van der Waals surface area contributed by atoms with Crippen molar-refractivity contribution in [3.63, 3.8) is 0 Å². The Balaban J connectivity index is 1.97. The van der Waals surface area contributed by atoms with Crippen LogP contribution in [0.3, 0.4) is 0 Å². The van der Waals surface area contributed by atoms with Crippen LogP contribution in [0.4, 0.5) is 0 Å². The second-order valence-electron chi connectivity index (χ2n) is 5.77. The van der Waals surface area contributed by atoms with Gasteiger partial charge in [0.1, 0.15) is 0 Å². The number of benzene rings is 2. The predicted molar refractivity (Wildman–Crippen MR) is 100 cm³/mol. The standard InChI is InChI=1S/C18H15N5O2S/c19-15(24)11-26-18-21-20-17-22(10-12-6-2-1-3-7-12)16(25)13-8-4-5-9-14(13)23(17)18/h1-9H,10-11H2,(H2,19,24). The molecule has 26 heavy (non-hydrogen) atoms. The van der Waals surface area contributed by atoms with E-state index in [0.29, 0.717) is 28.4 Å². The number of carbonyl (C=O) groups excluding carboxylic acids is 1. The molecule has 0 saturated carbocycles. The van der Waals surface area contributed by atoms with Gasteiger partial charge in [0.25, 0.3) is 5.56 Å². The SMILES string of the molecule is NC(=O)CSc1nnc2n(Cc3ccccc3)c(=O)c3ccccc3n12. The molecule has 8 heteroatoms. The molecule has 0 aliphatic rings. The molecule has 0 fully saturated rings. The molecule has 0 aliphatic heterocycles. The van der Waals surface area contributed by atoms with E-state index in [4.69, 9.17) is 5.73 Å². The number of hydrogen-bond acceptors (Lipinski definition) is 5. The third-order valence-electron chi connectivity index (χ3n) is 4.01. The third-order valence-corrected chi connectivity index (χ3v) is 4.96. The molecule has 2 heterocycles. The lowest BCUT2D eigenvalue weighted by Crippen LogP contribution is -2.24. The lowest BCUT2D eigenvalue weighted by molar-refractivity contribution is -0.115. The number of carbonyl (C=O) groups is 1. The number of fused-ring (bicyclic) bond motifs is 3. The van der Waals surface area contributed by atoms with Crippen LogP contribution in [0.5, 0.6) is 0 Å². The van der Waals surface area contributed by atoms with Crippen LogP contribution < -0.4 is 11.3 Å². The number of amides is 1. The molecular formula is C18H15N5O2S. The zero-order valence-corrected chi connectivity index (χ0v) is 14.5. The highest BCUT2D eigenvalue weighted by molar-refractivity contribution is 7.99. The highest BCUT2D eigenvalue weighted by atomic mass is 32.2. The van der Waals surface area contributed by atoms with Crippen LogP contribution in [-0.2, 0) is 11.3 Å². The minimum absolute atomic E-state index is 0.0902. The van der Waals surface area contributed by atoms with Crippen LogP contribution >= 0.6 is 11.8 Å². The van der Waals surface area contributed by atoms with Crippen molar-refractivity contribution >= 4 is 34.3 Å². The van der Waals surface area contributed by atoms with Gasteiger partial charge in [-0.3, -0.25) is 18.6 Å². The predicted octanol–water partition coefficient (Wildman–Crippen LogP) is 1.67. The summed E-state index contributed by atoms with van der Waals surface area (Å²) in [5.74, 6) is 0.0885. The van der Waals surface area contributed by atoms with Gasteiger partial charge in [-0.05, 0) is 17.7 Å². The third kappa shape index (κ3) is 2.84. The van der Waals surface area contributed by atoms with Crippen molar-refractivity contribution in [3.8, 4) is 0 Å². The molecule has 2 aromatic carbocycles. The van der Waals surface area contributed by atoms with Gasteiger partial charge in [0.2, 0.25) is 11.7 Å². The molecule has 2 N–H and O–H groups in total. The van der Waals surface area contributed by atoms with E-state index in [0.717, 1.165) is 5.56 Å². The molecule has 4 rings (SSSR count). The van der Waals surface area contributed by atoms with Gasteiger partial charge in [0, 0.05) is 0 Å². The first-order valence-electron chi connectivity index (χ1n) is 7.97. The quantitative estimate of drug-likeness (QED) is 0.543. The van der Waals surface area contributed by atoms with Crippen molar-refractivity contribution in [2.45, 2.75) is 11.7 Å². The second kappa shape index (κ2) is 6.64. The Morgan fingerprint density at radius 3 is 2.54 bits per heavy atom. The minimum Gasteiger partial charge on any atom is -0.369 e. The van der Waals surface area contributed by atoms with Crippen molar-refractivity contribution < 1.29 is 4.79 Å². The highest BCUT2D eigenvalue weighted by Crippen LogP contribution is 2.21. The highest BCUT2D eigenvalue weighted by Gasteiger charge is 2.17. The van der Waals surface area contributed by atoms with Crippen molar-refractivity contribution in [1.82, 2.24) is 19.2 Å². The maximum Gasteiger partial charge on any atom is 0.263 e. The Morgan fingerprint density at radius 1 is 1.04 bits per heavy atom. The van der Waals surface area contributed by atoms with Crippen molar-refractivity contribution in [2.24, 2.45) is 5.73 Å². The molecule has 0 unspecified atom stereocenters. The van der Waals surface area contributed by atoms with Gasteiger partial charge >= 0.3 is 0 Å². The summed E-state index contributed by atoms with van der Waals surface area (Å²) in [6.45, 7) is 0.382. The molecular weight excluding hydrogens is 350 g/mol. The fourth-order valence-corrected chi connectivity index (χ4v) is 3.55. The minimum atomic E-state index is -0.436. The van der Waals surface area contributed by atoms with Crippen molar-refractivity contribution in [1.29, 1.82) is 0 Å². The van der Waals surface area contributed by atoms with E-state index in [1.54, 1.807) is 15.0 Å².